The van der Waals surface area contributed by atoms with Crippen LogP contribution in [-0.2, 0) is 19.1 Å². The molecule has 0 bridgehead atoms. The highest BCUT2D eigenvalue weighted by Gasteiger charge is 2.80. The number of fused-ring (bicyclic) bond motifs is 7. The number of Topliss-reactive ketones (excluding diaryl/α,β-unsaturated/α-hetero) is 1. The number of carbonyl (C=O) groups excluding carboxylic acids is 2. The molecule has 0 spiro atoms. The van der Waals surface area contributed by atoms with E-state index < -0.39 is 101 Å². The summed E-state index contributed by atoms with van der Waals surface area (Å²) in [4.78, 5) is 25.3. The molecule has 1 heterocycles. The van der Waals surface area contributed by atoms with Crippen LogP contribution >= 0.6 is 0 Å². The Morgan fingerprint density at radius 1 is 1.14 bits per heavy atom. The topological polar surface area (TPSA) is 93.1 Å². The summed E-state index contributed by atoms with van der Waals surface area (Å²) in [7, 11) is 0. The number of alkyl halides is 4. The number of hydrogen-bond donors (Lipinski definition) is 2. The Morgan fingerprint density at radius 3 is 2.47 bits per heavy atom. The lowest BCUT2D eigenvalue weighted by atomic mass is 9.44. The van der Waals surface area contributed by atoms with E-state index in [4.69, 9.17) is 9.47 Å². The number of aliphatic hydroxyl groups excluding tert-OH is 2. The molecule has 6 nitrogen and oxygen atoms in total. The summed E-state index contributed by atoms with van der Waals surface area (Å²) in [6.45, 7) is 2.24. The lowest BCUT2D eigenvalue weighted by Crippen LogP contribution is -2.71. The van der Waals surface area contributed by atoms with Crippen molar-refractivity contribution in [2.24, 2.45) is 28.6 Å². The summed E-state index contributed by atoms with van der Waals surface area (Å²) >= 11 is 0. The van der Waals surface area contributed by atoms with E-state index in [1.54, 1.807) is 6.92 Å². The summed E-state index contributed by atoms with van der Waals surface area (Å²) in [5.41, 5.74) is -6.93. The van der Waals surface area contributed by atoms with Gasteiger partial charge in [0.15, 0.2) is 29.1 Å². The second-order valence-electron chi connectivity index (χ2n) is 12.0. The molecule has 0 amide bonds. The van der Waals surface area contributed by atoms with Crippen LogP contribution in [0.3, 0.4) is 0 Å². The summed E-state index contributed by atoms with van der Waals surface area (Å²) in [5, 5.41) is 21.3. The second kappa shape index (κ2) is 7.27. The molecule has 6 aliphatic rings. The molecule has 10 heteroatoms. The Balaban J connectivity index is 1.41. The quantitative estimate of drug-likeness (QED) is 0.563. The molecular weight excluding hydrogens is 484 g/mol. The molecule has 0 aromatic heterocycles. The monoisotopic (exact) mass is 514 g/mol. The molecule has 6 rings (SSSR count). The highest BCUT2D eigenvalue weighted by atomic mass is 19.3. The predicted octanol–water partition coefficient (Wildman–Crippen LogP) is 3.00. The van der Waals surface area contributed by atoms with Crippen molar-refractivity contribution >= 4 is 11.6 Å². The summed E-state index contributed by atoms with van der Waals surface area (Å²) in [6, 6.07) is 0. The number of ether oxygens (including phenoxy) is 2. The molecule has 198 valence electrons. The smallest absolute Gasteiger partial charge is 0.249 e. The van der Waals surface area contributed by atoms with Gasteiger partial charge in [0.25, 0.3) is 0 Å². The van der Waals surface area contributed by atoms with Crippen molar-refractivity contribution in [1.82, 2.24) is 0 Å². The highest BCUT2D eigenvalue weighted by molar-refractivity contribution is 6.01. The van der Waals surface area contributed by atoms with Crippen LogP contribution < -0.4 is 0 Å². The minimum absolute atomic E-state index is 0.00535. The first-order valence-electron chi connectivity index (χ1n) is 12.5. The number of hydrogen-bond acceptors (Lipinski definition) is 6. The third kappa shape index (κ3) is 2.71. The van der Waals surface area contributed by atoms with E-state index in [0.717, 1.165) is 6.08 Å². The van der Waals surface area contributed by atoms with Crippen LogP contribution in [-0.4, -0.2) is 70.2 Å². The predicted molar refractivity (Wildman–Crippen MR) is 116 cm³/mol. The molecule has 5 aliphatic carbocycles. The number of ketones is 2. The van der Waals surface area contributed by atoms with Crippen LogP contribution in [0.15, 0.2) is 23.8 Å². The third-order valence-corrected chi connectivity index (χ3v) is 10.5. The van der Waals surface area contributed by atoms with Crippen molar-refractivity contribution in [3.8, 4) is 0 Å². The zero-order valence-corrected chi connectivity index (χ0v) is 20.1. The van der Waals surface area contributed by atoms with Crippen molar-refractivity contribution in [2.45, 2.75) is 87.8 Å². The number of halogens is 4. The van der Waals surface area contributed by atoms with Crippen LogP contribution in [0, 0.1) is 28.6 Å². The van der Waals surface area contributed by atoms with Crippen molar-refractivity contribution in [1.29, 1.82) is 0 Å². The van der Waals surface area contributed by atoms with Gasteiger partial charge in [-0.1, -0.05) is 13.0 Å². The maximum Gasteiger partial charge on any atom is 0.249 e. The Morgan fingerprint density at radius 2 is 1.83 bits per heavy atom. The molecule has 1 saturated heterocycles. The fourth-order valence-corrected chi connectivity index (χ4v) is 8.70. The van der Waals surface area contributed by atoms with Crippen LogP contribution in [0.25, 0.3) is 0 Å². The molecule has 0 aromatic rings. The average molecular weight is 515 g/mol. The fourth-order valence-electron chi connectivity index (χ4n) is 8.70. The molecule has 0 aromatic carbocycles. The SMILES string of the molecule is C[C@]12C=CC(=O)C=C1[C@@H](F)C[C@H]1C3C[C@H]4O[C@@H](C5CC(F)(F)C5)O[C@@]4(C(=O)CO)[C@@]3(C)C[C@H](O)[C@@]12F. The standard InChI is InChI=1S/C26H30F4O6/c1-22-4-3-13(32)5-16(22)17(27)6-15-14-7-20-26(19(34)11-31,23(14,2)10-18(33)25(15,22)30)36-21(35-20)12-8-24(28,29)9-12/h3-5,12,14-15,17-18,20-21,31,33H,6-11H2,1-2H3/t14?,15-,17-,18-,20+,21+,22-,23-,25-,26+/m0/s1. The molecule has 4 saturated carbocycles. The van der Waals surface area contributed by atoms with E-state index in [2.05, 4.69) is 0 Å². The lowest BCUT2D eigenvalue weighted by molar-refractivity contribution is -0.252. The van der Waals surface area contributed by atoms with E-state index >= 15 is 8.78 Å². The van der Waals surface area contributed by atoms with E-state index in [1.807, 2.05) is 0 Å². The minimum Gasteiger partial charge on any atom is -0.390 e. The highest BCUT2D eigenvalue weighted by Crippen LogP contribution is 2.72. The molecule has 2 N–H and O–H groups in total. The number of carbonyl (C=O) groups is 2. The van der Waals surface area contributed by atoms with Gasteiger partial charge in [-0.15, -0.1) is 0 Å². The maximum absolute atomic E-state index is 17.3. The molecular formula is C26H30F4O6. The molecule has 10 atom stereocenters. The Labute approximate surface area is 205 Å². The summed E-state index contributed by atoms with van der Waals surface area (Å²) in [5.74, 6) is -6.34. The van der Waals surface area contributed by atoms with Gasteiger partial charge in [-0.25, -0.2) is 17.6 Å². The first-order valence-corrected chi connectivity index (χ1v) is 12.5. The maximum atomic E-state index is 17.3. The summed E-state index contributed by atoms with van der Waals surface area (Å²) in [6.07, 6.45) is -3.05. The number of rotatable bonds is 3. The van der Waals surface area contributed by atoms with Crippen LogP contribution in [0.4, 0.5) is 17.6 Å². The normalized spacial score (nSPS) is 53.1. The van der Waals surface area contributed by atoms with Gasteiger partial charge in [0, 0.05) is 35.5 Å². The van der Waals surface area contributed by atoms with Gasteiger partial charge in [0.1, 0.15) is 12.8 Å². The van der Waals surface area contributed by atoms with Gasteiger partial charge in [-0.2, -0.15) is 0 Å². The average Bonchev–Trinajstić information content (AvgIpc) is 3.28. The minimum atomic E-state index is -2.83. The van der Waals surface area contributed by atoms with Crippen molar-refractivity contribution < 1.29 is 46.8 Å². The molecule has 36 heavy (non-hydrogen) atoms. The van der Waals surface area contributed by atoms with Gasteiger partial charge in [0.05, 0.1) is 12.2 Å². The van der Waals surface area contributed by atoms with E-state index in [-0.39, 0.29) is 24.8 Å². The van der Waals surface area contributed by atoms with Crippen molar-refractivity contribution in [3.63, 3.8) is 0 Å². The summed E-state index contributed by atoms with van der Waals surface area (Å²) < 4.78 is 72.1. The number of allylic oxidation sites excluding steroid dienone is 4. The van der Waals surface area contributed by atoms with E-state index in [0.29, 0.717) is 0 Å². The van der Waals surface area contributed by atoms with Crippen molar-refractivity contribution in [2.75, 3.05) is 6.61 Å². The van der Waals surface area contributed by atoms with Gasteiger partial charge in [-0.05, 0) is 49.8 Å². The molecule has 5 fully saturated rings. The zero-order chi connectivity index (χ0) is 26.1. The van der Waals surface area contributed by atoms with Crippen LogP contribution in [0.1, 0.15) is 46.0 Å². The van der Waals surface area contributed by atoms with Crippen LogP contribution in [0.2, 0.25) is 0 Å². The molecule has 1 unspecified atom stereocenters. The van der Waals surface area contributed by atoms with Gasteiger partial charge in [0.2, 0.25) is 5.92 Å². The Bertz CT molecular complexity index is 1080. The third-order valence-electron chi connectivity index (χ3n) is 10.5. The Hall–Kier alpha value is -1.62. The lowest BCUT2D eigenvalue weighted by Gasteiger charge is -2.63. The molecule has 1 aliphatic heterocycles. The zero-order valence-electron chi connectivity index (χ0n) is 20.1. The Kier molecular flexibility index (Phi) is 4.99. The first-order chi connectivity index (χ1) is 16.7. The van der Waals surface area contributed by atoms with Crippen LogP contribution in [0.5, 0.6) is 0 Å². The van der Waals surface area contributed by atoms with E-state index in [9.17, 15) is 28.6 Å². The van der Waals surface area contributed by atoms with Gasteiger partial charge < -0.3 is 19.7 Å². The van der Waals surface area contributed by atoms with Gasteiger partial charge in [-0.3, -0.25) is 9.59 Å². The largest absolute Gasteiger partial charge is 0.390 e. The van der Waals surface area contributed by atoms with E-state index in [1.165, 1.54) is 19.1 Å². The van der Waals surface area contributed by atoms with Gasteiger partial charge >= 0.3 is 0 Å². The van der Waals surface area contributed by atoms with Crippen molar-refractivity contribution in [3.05, 3.63) is 23.8 Å². The molecule has 0 radical (unpaired) electrons. The first kappa shape index (κ1) is 24.7. The number of aliphatic hydroxyl groups is 2. The second-order valence-corrected chi connectivity index (χ2v) is 12.0. The fraction of sp³-hybridized carbons (Fsp3) is 0.769.